The Kier molecular flexibility index (Phi) is 6.15. The monoisotopic (exact) mass is 421 g/mol. The third-order valence-corrected chi connectivity index (χ3v) is 5.76. The molecular formula is C19H17F2N3O2S2. The molecule has 2 heterocycles. The van der Waals surface area contributed by atoms with Crippen LogP contribution in [0.2, 0.25) is 0 Å². The van der Waals surface area contributed by atoms with Crippen LogP contribution in [0, 0.1) is 18.6 Å². The normalized spacial score (nSPS) is 11.9. The average Bonchev–Trinajstić information content (AvgIpc) is 3.26. The molecule has 0 fully saturated rings. The van der Waals surface area contributed by atoms with Gasteiger partial charge in [-0.2, -0.15) is 0 Å². The van der Waals surface area contributed by atoms with Crippen LogP contribution in [0.25, 0.3) is 11.3 Å². The van der Waals surface area contributed by atoms with Gasteiger partial charge in [-0.15, -0.1) is 22.7 Å². The molecule has 1 aromatic carbocycles. The van der Waals surface area contributed by atoms with Crippen molar-refractivity contribution in [2.24, 2.45) is 0 Å². The summed E-state index contributed by atoms with van der Waals surface area (Å²) >= 11 is 2.70. The second-order valence-corrected chi connectivity index (χ2v) is 8.26. The van der Waals surface area contributed by atoms with Crippen molar-refractivity contribution in [2.45, 2.75) is 26.3 Å². The quantitative estimate of drug-likeness (QED) is 0.608. The van der Waals surface area contributed by atoms with Gasteiger partial charge < -0.3 is 10.6 Å². The number of anilines is 1. The number of benzene rings is 1. The van der Waals surface area contributed by atoms with Gasteiger partial charge in [0.1, 0.15) is 0 Å². The Morgan fingerprint density at radius 3 is 2.64 bits per heavy atom. The number of aryl methyl sites for hydroxylation is 1. The number of hydrogen-bond acceptors (Lipinski definition) is 5. The SMILES string of the molecule is CC(=O)NC(CC(=O)Nc1nc(-c2ccc(F)c(F)c2)c(C)s1)c1cccs1. The van der Waals surface area contributed by atoms with Crippen molar-refractivity contribution in [1.82, 2.24) is 10.3 Å². The fourth-order valence-electron chi connectivity index (χ4n) is 2.67. The molecule has 28 heavy (non-hydrogen) atoms. The van der Waals surface area contributed by atoms with Crippen molar-refractivity contribution in [3.8, 4) is 11.3 Å². The maximum absolute atomic E-state index is 13.5. The van der Waals surface area contributed by atoms with E-state index in [1.165, 1.54) is 35.7 Å². The van der Waals surface area contributed by atoms with E-state index in [0.29, 0.717) is 16.4 Å². The number of carbonyl (C=O) groups excluding carboxylic acids is 2. The van der Waals surface area contributed by atoms with Gasteiger partial charge in [-0.25, -0.2) is 13.8 Å². The lowest BCUT2D eigenvalue weighted by Crippen LogP contribution is -2.29. The minimum Gasteiger partial charge on any atom is -0.348 e. The van der Waals surface area contributed by atoms with Crippen LogP contribution in [-0.2, 0) is 9.59 Å². The highest BCUT2D eigenvalue weighted by molar-refractivity contribution is 7.16. The lowest BCUT2D eigenvalue weighted by Gasteiger charge is -2.15. The van der Waals surface area contributed by atoms with Crippen LogP contribution in [0.1, 0.15) is 29.1 Å². The molecule has 146 valence electrons. The lowest BCUT2D eigenvalue weighted by atomic mass is 10.1. The molecule has 1 atom stereocenters. The van der Waals surface area contributed by atoms with Crippen molar-refractivity contribution in [1.29, 1.82) is 0 Å². The highest BCUT2D eigenvalue weighted by atomic mass is 32.1. The van der Waals surface area contributed by atoms with E-state index in [1.54, 1.807) is 6.92 Å². The van der Waals surface area contributed by atoms with E-state index in [4.69, 9.17) is 0 Å². The Hall–Kier alpha value is -2.65. The molecule has 1 unspecified atom stereocenters. The molecule has 0 saturated heterocycles. The molecule has 3 rings (SSSR count). The van der Waals surface area contributed by atoms with Crippen LogP contribution in [0.3, 0.4) is 0 Å². The summed E-state index contributed by atoms with van der Waals surface area (Å²) in [7, 11) is 0. The Morgan fingerprint density at radius 2 is 2.00 bits per heavy atom. The average molecular weight is 421 g/mol. The summed E-state index contributed by atoms with van der Waals surface area (Å²) in [5.74, 6) is -2.41. The molecule has 2 amide bonds. The fraction of sp³-hybridized carbons (Fsp3) is 0.211. The van der Waals surface area contributed by atoms with E-state index in [-0.39, 0.29) is 18.2 Å². The number of nitrogens with one attached hydrogen (secondary N) is 2. The highest BCUT2D eigenvalue weighted by Crippen LogP contribution is 2.31. The zero-order valence-electron chi connectivity index (χ0n) is 15.1. The number of carbonyl (C=O) groups is 2. The van der Waals surface area contributed by atoms with Crippen molar-refractivity contribution < 1.29 is 18.4 Å². The molecule has 0 aliphatic heterocycles. The van der Waals surface area contributed by atoms with Crippen LogP contribution >= 0.6 is 22.7 Å². The Morgan fingerprint density at radius 1 is 1.21 bits per heavy atom. The van der Waals surface area contributed by atoms with Gasteiger partial charge in [-0.1, -0.05) is 6.07 Å². The number of thiazole rings is 1. The molecule has 0 spiro atoms. The van der Waals surface area contributed by atoms with E-state index in [2.05, 4.69) is 15.6 Å². The standard InChI is InChI=1S/C19H17F2N3O2S2/c1-10-18(12-5-6-13(20)14(21)8-12)24-19(28-10)23-17(26)9-15(22-11(2)25)16-4-3-7-27-16/h3-8,15H,9H2,1-2H3,(H,22,25)(H,23,24,26). The van der Waals surface area contributed by atoms with Gasteiger partial charge in [0.15, 0.2) is 16.8 Å². The topological polar surface area (TPSA) is 71.1 Å². The summed E-state index contributed by atoms with van der Waals surface area (Å²) in [5, 5.41) is 7.72. The number of hydrogen-bond donors (Lipinski definition) is 2. The van der Waals surface area contributed by atoms with Crippen molar-refractivity contribution >= 4 is 39.6 Å². The predicted octanol–water partition coefficient (Wildman–Crippen LogP) is 4.66. The number of amides is 2. The minimum absolute atomic E-state index is 0.0548. The maximum atomic E-state index is 13.5. The maximum Gasteiger partial charge on any atom is 0.228 e. The third-order valence-electron chi connectivity index (χ3n) is 3.89. The first kappa shape index (κ1) is 20.1. The molecular weight excluding hydrogens is 404 g/mol. The highest BCUT2D eigenvalue weighted by Gasteiger charge is 2.20. The van der Waals surface area contributed by atoms with Gasteiger partial charge in [0.2, 0.25) is 11.8 Å². The molecule has 5 nitrogen and oxygen atoms in total. The summed E-state index contributed by atoms with van der Waals surface area (Å²) in [6, 6.07) is 6.84. The fourth-order valence-corrected chi connectivity index (χ4v) is 4.30. The van der Waals surface area contributed by atoms with Gasteiger partial charge in [0, 0.05) is 22.2 Å². The first-order valence-electron chi connectivity index (χ1n) is 8.36. The largest absolute Gasteiger partial charge is 0.348 e. The summed E-state index contributed by atoms with van der Waals surface area (Å²) < 4.78 is 26.6. The zero-order valence-corrected chi connectivity index (χ0v) is 16.7. The summed E-state index contributed by atoms with van der Waals surface area (Å²) in [6.07, 6.45) is 0.0548. The Balaban J connectivity index is 1.73. The van der Waals surface area contributed by atoms with Gasteiger partial charge in [0.05, 0.1) is 18.2 Å². The molecule has 0 saturated carbocycles. The van der Waals surface area contributed by atoms with Gasteiger partial charge in [-0.3, -0.25) is 9.59 Å². The first-order valence-corrected chi connectivity index (χ1v) is 10.1. The molecule has 9 heteroatoms. The molecule has 2 aromatic heterocycles. The number of halogens is 2. The molecule has 0 bridgehead atoms. The van der Waals surface area contributed by atoms with E-state index in [9.17, 15) is 18.4 Å². The molecule has 3 aromatic rings. The van der Waals surface area contributed by atoms with Crippen molar-refractivity contribution in [2.75, 3.05) is 5.32 Å². The second-order valence-electron chi connectivity index (χ2n) is 6.07. The van der Waals surface area contributed by atoms with Crippen molar-refractivity contribution in [3.63, 3.8) is 0 Å². The second kappa shape index (κ2) is 8.57. The third kappa shape index (κ3) is 4.79. The summed E-state index contributed by atoms with van der Waals surface area (Å²) in [4.78, 5) is 29.9. The summed E-state index contributed by atoms with van der Waals surface area (Å²) in [5.41, 5.74) is 0.915. The number of aromatic nitrogens is 1. The van der Waals surface area contributed by atoms with Crippen LogP contribution in [0.15, 0.2) is 35.7 Å². The van der Waals surface area contributed by atoms with Crippen LogP contribution < -0.4 is 10.6 Å². The van der Waals surface area contributed by atoms with Crippen LogP contribution in [0.4, 0.5) is 13.9 Å². The van der Waals surface area contributed by atoms with Crippen LogP contribution in [-0.4, -0.2) is 16.8 Å². The Bertz CT molecular complexity index is 1000. The minimum atomic E-state index is -0.954. The lowest BCUT2D eigenvalue weighted by molar-refractivity contribution is -0.120. The van der Waals surface area contributed by atoms with Gasteiger partial charge >= 0.3 is 0 Å². The molecule has 0 aliphatic carbocycles. The number of nitrogens with zero attached hydrogens (tertiary/aromatic N) is 1. The van der Waals surface area contributed by atoms with E-state index >= 15 is 0 Å². The molecule has 2 N–H and O–H groups in total. The van der Waals surface area contributed by atoms with E-state index in [1.807, 2.05) is 17.5 Å². The van der Waals surface area contributed by atoms with E-state index in [0.717, 1.165) is 21.9 Å². The zero-order chi connectivity index (χ0) is 20.3. The molecule has 0 aliphatic rings. The van der Waals surface area contributed by atoms with Gasteiger partial charge in [-0.05, 0) is 36.6 Å². The van der Waals surface area contributed by atoms with Gasteiger partial charge in [0.25, 0.3) is 0 Å². The van der Waals surface area contributed by atoms with E-state index < -0.39 is 17.7 Å². The van der Waals surface area contributed by atoms with Crippen LogP contribution in [0.5, 0.6) is 0 Å². The summed E-state index contributed by atoms with van der Waals surface area (Å²) in [6.45, 7) is 3.19. The smallest absolute Gasteiger partial charge is 0.228 e. The first-order chi connectivity index (χ1) is 13.3. The molecule has 0 radical (unpaired) electrons. The number of rotatable bonds is 6. The Labute approximate surface area is 168 Å². The van der Waals surface area contributed by atoms with Crippen molar-refractivity contribution in [3.05, 3.63) is 57.1 Å². The number of thiophene rings is 1. The predicted molar refractivity (Wildman–Crippen MR) is 106 cm³/mol.